The first-order chi connectivity index (χ1) is 8.51. The van der Waals surface area contributed by atoms with Crippen LogP contribution in [-0.2, 0) is 9.59 Å². The highest BCUT2D eigenvalue weighted by Gasteiger charge is 2.04. The van der Waals surface area contributed by atoms with E-state index >= 15 is 0 Å². The van der Waals surface area contributed by atoms with Gasteiger partial charge in [-0.15, -0.1) is 0 Å². The van der Waals surface area contributed by atoms with Crippen LogP contribution in [0.15, 0.2) is 12.2 Å². The lowest BCUT2D eigenvalue weighted by atomic mass is 10.1. The quantitative estimate of drug-likeness (QED) is 0.434. The van der Waals surface area contributed by atoms with Crippen LogP contribution in [0.25, 0.3) is 0 Å². The van der Waals surface area contributed by atoms with E-state index in [-0.39, 0.29) is 11.7 Å². The molecule has 18 heavy (non-hydrogen) atoms. The maximum atomic E-state index is 11.4. The molecular formula is C14H26N2O2. The van der Waals surface area contributed by atoms with Crippen molar-refractivity contribution in [2.45, 2.75) is 20.8 Å². The van der Waals surface area contributed by atoms with Gasteiger partial charge in [-0.3, -0.25) is 9.69 Å². The van der Waals surface area contributed by atoms with Crippen LogP contribution in [0.3, 0.4) is 0 Å². The van der Waals surface area contributed by atoms with Gasteiger partial charge in [-0.05, 0) is 19.7 Å². The number of aldehydes is 1. The summed E-state index contributed by atoms with van der Waals surface area (Å²) >= 11 is 0. The van der Waals surface area contributed by atoms with Gasteiger partial charge in [0.25, 0.3) is 0 Å². The van der Waals surface area contributed by atoms with Gasteiger partial charge >= 0.3 is 0 Å². The molecule has 0 radical (unpaired) electrons. The zero-order valence-electron chi connectivity index (χ0n) is 12.1. The van der Waals surface area contributed by atoms with Crippen molar-refractivity contribution in [3.63, 3.8) is 0 Å². The number of rotatable bonds is 10. The minimum Gasteiger partial charge on any atom is -0.302 e. The van der Waals surface area contributed by atoms with Gasteiger partial charge in [0, 0.05) is 25.6 Å². The van der Waals surface area contributed by atoms with E-state index in [0.29, 0.717) is 6.54 Å². The molecule has 0 aromatic heterocycles. The molecule has 0 fully saturated rings. The van der Waals surface area contributed by atoms with Crippen molar-refractivity contribution in [3.05, 3.63) is 12.2 Å². The topological polar surface area (TPSA) is 40.6 Å². The van der Waals surface area contributed by atoms with Crippen LogP contribution < -0.4 is 0 Å². The minimum absolute atomic E-state index is 0.0646. The normalized spacial score (nSPS) is 11.9. The molecule has 4 nitrogen and oxygen atoms in total. The van der Waals surface area contributed by atoms with E-state index in [1.807, 2.05) is 33.9 Å². The van der Waals surface area contributed by atoms with E-state index in [0.717, 1.165) is 32.5 Å². The summed E-state index contributed by atoms with van der Waals surface area (Å²) in [5, 5.41) is 0. The predicted molar refractivity (Wildman–Crippen MR) is 74.7 cm³/mol. The maximum Gasteiger partial charge on any atom is 0.157 e. The fourth-order valence-corrected chi connectivity index (χ4v) is 1.43. The van der Waals surface area contributed by atoms with E-state index in [4.69, 9.17) is 0 Å². The molecule has 0 amide bonds. The van der Waals surface area contributed by atoms with Gasteiger partial charge in [0.05, 0.1) is 6.54 Å². The largest absolute Gasteiger partial charge is 0.302 e. The van der Waals surface area contributed by atoms with Crippen LogP contribution in [-0.4, -0.2) is 61.6 Å². The number of carbonyl (C=O) groups is 2. The van der Waals surface area contributed by atoms with E-state index < -0.39 is 0 Å². The molecule has 0 aromatic rings. The first kappa shape index (κ1) is 17.0. The molecule has 0 bridgehead atoms. The Morgan fingerprint density at radius 1 is 1.22 bits per heavy atom. The molecule has 0 spiro atoms. The summed E-state index contributed by atoms with van der Waals surface area (Å²) < 4.78 is 0. The summed E-state index contributed by atoms with van der Waals surface area (Å²) in [7, 11) is 2.01. The summed E-state index contributed by atoms with van der Waals surface area (Å²) in [5.74, 6) is 0.231. The smallest absolute Gasteiger partial charge is 0.157 e. The standard InChI is InChI=1S/C14H26N2O2/c1-5-16(11-12-17)10-9-15(4)8-6-7-14(18)13(2)3/h6-7,12-13H,5,8-11H2,1-4H3/b7-6+. The Kier molecular flexibility index (Phi) is 9.42. The number of ketones is 1. The van der Waals surface area contributed by atoms with Crippen LogP contribution in [0, 0.1) is 5.92 Å². The minimum atomic E-state index is 0.0646. The number of allylic oxidation sites excluding steroid dienone is 1. The van der Waals surface area contributed by atoms with E-state index in [9.17, 15) is 9.59 Å². The first-order valence-electron chi connectivity index (χ1n) is 6.56. The van der Waals surface area contributed by atoms with E-state index in [2.05, 4.69) is 9.80 Å². The van der Waals surface area contributed by atoms with Gasteiger partial charge < -0.3 is 9.69 Å². The predicted octanol–water partition coefficient (Wildman–Crippen LogP) is 1.22. The molecule has 0 aliphatic carbocycles. The second kappa shape index (κ2) is 9.97. The molecule has 0 atom stereocenters. The van der Waals surface area contributed by atoms with Crippen LogP contribution >= 0.6 is 0 Å². The summed E-state index contributed by atoms with van der Waals surface area (Å²) in [6.45, 7) is 9.74. The molecule has 0 rings (SSSR count). The second-order valence-electron chi connectivity index (χ2n) is 4.78. The lowest BCUT2D eigenvalue weighted by molar-refractivity contribution is -0.117. The third-order valence-corrected chi connectivity index (χ3v) is 2.85. The summed E-state index contributed by atoms with van der Waals surface area (Å²) in [5.41, 5.74) is 0. The fourth-order valence-electron chi connectivity index (χ4n) is 1.43. The highest BCUT2D eigenvalue weighted by Crippen LogP contribution is 1.96. The van der Waals surface area contributed by atoms with Crippen molar-refractivity contribution in [2.24, 2.45) is 5.92 Å². The molecule has 0 aromatic carbocycles. The number of likely N-dealkylation sites (N-methyl/N-ethyl adjacent to an activating group) is 2. The Morgan fingerprint density at radius 3 is 2.39 bits per heavy atom. The first-order valence-corrected chi connectivity index (χ1v) is 6.56. The maximum absolute atomic E-state index is 11.4. The highest BCUT2D eigenvalue weighted by atomic mass is 16.1. The fraction of sp³-hybridized carbons (Fsp3) is 0.714. The van der Waals surface area contributed by atoms with E-state index in [1.165, 1.54) is 0 Å². The molecule has 0 aliphatic heterocycles. The Morgan fingerprint density at radius 2 is 1.89 bits per heavy atom. The zero-order valence-corrected chi connectivity index (χ0v) is 12.1. The molecule has 0 heterocycles. The number of carbonyl (C=O) groups excluding carboxylic acids is 2. The Balaban J connectivity index is 3.86. The van der Waals surface area contributed by atoms with Crippen LogP contribution in [0.4, 0.5) is 0 Å². The zero-order chi connectivity index (χ0) is 14.0. The van der Waals surface area contributed by atoms with Crippen LogP contribution in [0.5, 0.6) is 0 Å². The average Bonchev–Trinajstić information content (AvgIpc) is 2.34. The average molecular weight is 254 g/mol. The lowest BCUT2D eigenvalue weighted by Crippen LogP contribution is -2.34. The van der Waals surface area contributed by atoms with Gasteiger partial charge in [-0.1, -0.05) is 26.8 Å². The Labute approximate surface area is 111 Å². The van der Waals surface area contributed by atoms with Crippen molar-refractivity contribution in [1.29, 1.82) is 0 Å². The molecule has 0 N–H and O–H groups in total. The van der Waals surface area contributed by atoms with Crippen LogP contribution in [0.1, 0.15) is 20.8 Å². The van der Waals surface area contributed by atoms with Crippen molar-refractivity contribution in [3.8, 4) is 0 Å². The SMILES string of the molecule is CCN(CC=O)CCN(C)C/C=C/C(=O)C(C)C. The lowest BCUT2D eigenvalue weighted by Gasteiger charge is -2.21. The van der Waals surface area contributed by atoms with Crippen molar-refractivity contribution in [1.82, 2.24) is 9.80 Å². The molecule has 0 saturated heterocycles. The van der Waals surface area contributed by atoms with Gasteiger partial charge in [0.1, 0.15) is 6.29 Å². The summed E-state index contributed by atoms with van der Waals surface area (Å²) in [6, 6.07) is 0. The summed E-state index contributed by atoms with van der Waals surface area (Å²) in [6.07, 6.45) is 4.49. The second-order valence-corrected chi connectivity index (χ2v) is 4.78. The monoisotopic (exact) mass is 254 g/mol. The Bertz CT molecular complexity index is 275. The third-order valence-electron chi connectivity index (χ3n) is 2.85. The molecule has 0 saturated carbocycles. The summed E-state index contributed by atoms with van der Waals surface area (Å²) in [4.78, 5) is 26.0. The van der Waals surface area contributed by atoms with Crippen molar-refractivity contribution in [2.75, 3.05) is 39.8 Å². The van der Waals surface area contributed by atoms with E-state index in [1.54, 1.807) is 6.08 Å². The van der Waals surface area contributed by atoms with Crippen molar-refractivity contribution < 1.29 is 9.59 Å². The van der Waals surface area contributed by atoms with Gasteiger partial charge in [0.15, 0.2) is 5.78 Å². The Hall–Kier alpha value is -1.00. The molecule has 4 heteroatoms. The molecule has 0 aliphatic rings. The van der Waals surface area contributed by atoms with Gasteiger partial charge in [-0.25, -0.2) is 0 Å². The number of nitrogens with zero attached hydrogens (tertiary/aromatic N) is 2. The number of hydrogen-bond donors (Lipinski definition) is 0. The van der Waals surface area contributed by atoms with Gasteiger partial charge in [0.2, 0.25) is 0 Å². The van der Waals surface area contributed by atoms with Crippen LogP contribution in [0.2, 0.25) is 0 Å². The number of hydrogen-bond acceptors (Lipinski definition) is 4. The third kappa shape index (κ3) is 8.14. The van der Waals surface area contributed by atoms with Crippen molar-refractivity contribution >= 4 is 12.1 Å². The van der Waals surface area contributed by atoms with Gasteiger partial charge in [-0.2, -0.15) is 0 Å². The molecule has 0 unspecified atom stereocenters. The molecule has 104 valence electrons. The highest BCUT2D eigenvalue weighted by molar-refractivity contribution is 5.91. The molecular weight excluding hydrogens is 228 g/mol.